The second kappa shape index (κ2) is 5.97. The van der Waals surface area contributed by atoms with Gasteiger partial charge >= 0.3 is 5.97 Å². The molecule has 0 aliphatic carbocycles. The maximum atomic E-state index is 11.4. The Balaban J connectivity index is 2.20. The van der Waals surface area contributed by atoms with Gasteiger partial charge in [0.15, 0.2) is 0 Å². The molecule has 98 valence electrons. The SMILES string of the molecule is COC(=O)c1ccnc(Oc2cccc(CO)c2)c1. The van der Waals surface area contributed by atoms with Crippen molar-refractivity contribution in [2.75, 3.05) is 7.11 Å². The van der Waals surface area contributed by atoms with Crippen LogP contribution in [0.2, 0.25) is 0 Å². The molecule has 1 N–H and O–H groups in total. The Morgan fingerprint density at radius 3 is 2.89 bits per heavy atom. The fourth-order valence-corrected chi connectivity index (χ4v) is 1.54. The Bertz CT molecular complexity index is 583. The summed E-state index contributed by atoms with van der Waals surface area (Å²) in [5.74, 6) is 0.385. The molecule has 2 rings (SSSR count). The summed E-state index contributed by atoms with van der Waals surface area (Å²) in [6, 6.07) is 10.0. The number of aliphatic hydroxyl groups excluding tert-OH is 1. The van der Waals surface area contributed by atoms with Gasteiger partial charge in [-0.1, -0.05) is 12.1 Å². The Hall–Kier alpha value is -2.40. The van der Waals surface area contributed by atoms with E-state index in [1.165, 1.54) is 19.4 Å². The minimum Gasteiger partial charge on any atom is -0.465 e. The topological polar surface area (TPSA) is 68.7 Å². The molecule has 2 aromatic rings. The molecule has 19 heavy (non-hydrogen) atoms. The molecule has 5 nitrogen and oxygen atoms in total. The fraction of sp³-hybridized carbons (Fsp3) is 0.143. The van der Waals surface area contributed by atoms with Gasteiger partial charge in [-0.25, -0.2) is 9.78 Å². The lowest BCUT2D eigenvalue weighted by Crippen LogP contribution is -2.01. The van der Waals surface area contributed by atoms with E-state index in [0.717, 1.165) is 5.56 Å². The van der Waals surface area contributed by atoms with Gasteiger partial charge in [-0.2, -0.15) is 0 Å². The van der Waals surface area contributed by atoms with Crippen LogP contribution in [-0.2, 0) is 11.3 Å². The predicted molar refractivity (Wildman–Crippen MR) is 68.0 cm³/mol. The molecule has 0 aliphatic heterocycles. The van der Waals surface area contributed by atoms with Crippen LogP contribution < -0.4 is 4.74 Å². The summed E-state index contributed by atoms with van der Waals surface area (Å²) in [5.41, 5.74) is 1.10. The van der Waals surface area contributed by atoms with Crippen molar-refractivity contribution in [1.29, 1.82) is 0 Å². The van der Waals surface area contributed by atoms with Crippen molar-refractivity contribution in [3.63, 3.8) is 0 Å². The fourth-order valence-electron chi connectivity index (χ4n) is 1.54. The summed E-state index contributed by atoms with van der Waals surface area (Å²) >= 11 is 0. The summed E-state index contributed by atoms with van der Waals surface area (Å²) in [4.78, 5) is 15.4. The number of aliphatic hydroxyl groups is 1. The minimum absolute atomic E-state index is 0.0627. The van der Waals surface area contributed by atoms with E-state index in [1.807, 2.05) is 0 Å². The maximum Gasteiger partial charge on any atom is 0.338 e. The lowest BCUT2D eigenvalue weighted by molar-refractivity contribution is 0.0600. The molecule has 0 spiro atoms. The van der Waals surface area contributed by atoms with Crippen LogP contribution in [0, 0.1) is 0 Å². The summed E-state index contributed by atoms with van der Waals surface area (Å²) < 4.78 is 10.1. The van der Waals surface area contributed by atoms with Gasteiger partial charge in [0.1, 0.15) is 5.75 Å². The molecule has 1 aromatic carbocycles. The standard InChI is InChI=1S/C14H13NO4/c1-18-14(17)11-5-6-15-13(8-11)19-12-4-2-3-10(7-12)9-16/h2-8,16H,9H2,1H3. The van der Waals surface area contributed by atoms with Crippen LogP contribution in [-0.4, -0.2) is 23.2 Å². The second-order valence-electron chi connectivity index (χ2n) is 3.78. The van der Waals surface area contributed by atoms with Crippen LogP contribution in [0.4, 0.5) is 0 Å². The first kappa shape index (κ1) is 13.0. The summed E-state index contributed by atoms with van der Waals surface area (Å²) in [6.45, 7) is -0.0627. The quantitative estimate of drug-likeness (QED) is 0.852. The number of rotatable bonds is 4. The van der Waals surface area contributed by atoms with Crippen molar-refractivity contribution in [2.24, 2.45) is 0 Å². The van der Waals surface area contributed by atoms with Gasteiger partial charge in [0, 0.05) is 12.3 Å². The first-order valence-corrected chi connectivity index (χ1v) is 5.65. The van der Waals surface area contributed by atoms with E-state index < -0.39 is 5.97 Å². The molecular weight excluding hydrogens is 246 g/mol. The Morgan fingerprint density at radius 1 is 1.32 bits per heavy atom. The second-order valence-corrected chi connectivity index (χ2v) is 3.78. The first-order valence-electron chi connectivity index (χ1n) is 5.65. The highest BCUT2D eigenvalue weighted by atomic mass is 16.5. The number of nitrogens with zero attached hydrogens (tertiary/aromatic N) is 1. The van der Waals surface area contributed by atoms with Crippen molar-refractivity contribution in [3.8, 4) is 11.6 Å². The lowest BCUT2D eigenvalue weighted by atomic mass is 10.2. The molecule has 1 heterocycles. The van der Waals surface area contributed by atoms with Gasteiger partial charge in [-0.05, 0) is 23.8 Å². The number of ether oxygens (including phenoxy) is 2. The van der Waals surface area contributed by atoms with Crippen LogP contribution >= 0.6 is 0 Å². The molecule has 0 fully saturated rings. The van der Waals surface area contributed by atoms with Crippen LogP contribution in [0.5, 0.6) is 11.6 Å². The third kappa shape index (κ3) is 3.29. The highest BCUT2D eigenvalue weighted by Gasteiger charge is 2.07. The number of carbonyl (C=O) groups excluding carboxylic acids is 1. The van der Waals surface area contributed by atoms with Crippen molar-refractivity contribution in [2.45, 2.75) is 6.61 Å². The molecule has 0 radical (unpaired) electrons. The van der Waals surface area contributed by atoms with Gasteiger partial charge in [-0.15, -0.1) is 0 Å². The van der Waals surface area contributed by atoms with Crippen LogP contribution in [0.3, 0.4) is 0 Å². The van der Waals surface area contributed by atoms with E-state index in [1.54, 1.807) is 30.3 Å². The summed E-state index contributed by atoms with van der Waals surface area (Å²) in [5, 5.41) is 9.04. The van der Waals surface area contributed by atoms with Gasteiger partial charge in [-0.3, -0.25) is 0 Å². The Kier molecular flexibility index (Phi) is 4.10. The Labute approximate surface area is 110 Å². The van der Waals surface area contributed by atoms with E-state index >= 15 is 0 Å². The van der Waals surface area contributed by atoms with Crippen LogP contribution in [0.1, 0.15) is 15.9 Å². The third-order valence-corrected chi connectivity index (χ3v) is 2.46. The van der Waals surface area contributed by atoms with E-state index in [9.17, 15) is 4.79 Å². The number of benzene rings is 1. The Morgan fingerprint density at radius 2 is 2.16 bits per heavy atom. The van der Waals surface area contributed by atoms with E-state index in [4.69, 9.17) is 9.84 Å². The molecule has 0 aliphatic rings. The monoisotopic (exact) mass is 259 g/mol. The van der Waals surface area contributed by atoms with Gasteiger partial charge < -0.3 is 14.6 Å². The average molecular weight is 259 g/mol. The molecule has 0 unspecified atom stereocenters. The predicted octanol–water partition coefficient (Wildman–Crippen LogP) is 2.15. The number of aromatic nitrogens is 1. The van der Waals surface area contributed by atoms with Gasteiger partial charge in [0.05, 0.1) is 19.3 Å². The normalized spacial score (nSPS) is 10.0. The number of methoxy groups -OCH3 is 1. The van der Waals surface area contributed by atoms with E-state index in [2.05, 4.69) is 9.72 Å². The zero-order valence-corrected chi connectivity index (χ0v) is 10.4. The molecule has 0 saturated carbocycles. The number of hydrogen-bond donors (Lipinski definition) is 1. The molecule has 0 bridgehead atoms. The highest BCUT2D eigenvalue weighted by Crippen LogP contribution is 2.21. The third-order valence-electron chi connectivity index (χ3n) is 2.46. The number of esters is 1. The smallest absolute Gasteiger partial charge is 0.338 e. The summed E-state index contributed by atoms with van der Waals surface area (Å²) in [7, 11) is 1.31. The van der Waals surface area contributed by atoms with Gasteiger partial charge in [0.25, 0.3) is 0 Å². The largest absolute Gasteiger partial charge is 0.465 e. The maximum absolute atomic E-state index is 11.4. The first-order chi connectivity index (χ1) is 9.22. The molecule has 0 amide bonds. The number of hydrogen-bond acceptors (Lipinski definition) is 5. The number of carbonyl (C=O) groups is 1. The molecule has 5 heteroatoms. The van der Waals surface area contributed by atoms with Gasteiger partial charge in [0.2, 0.25) is 5.88 Å². The minimum atomic E-state index is -0.448. The average Bonchev–Trinajstić information content (AvgIpc) is 2.47. The molecular formula is C14H13NO4. The van der Waals surface area contributed by atoms with Crippen molar-refractivity contribution in [3.05, 3.63) is 53.7 Å². The van der Waals surface area contributed by atoms with Crippen LogP contribution in [0.25, 0.3) is 0 Å². The van der Waals surface area contributed by atoms with Crippen LogP contribution in [0.15, 0.2) is 42.6 Å². The molecule has 0 atom stereocenters. The molecule has 0 saturated heterocycles. The molecule has 1 aromatic heterocycles. The number of pyridine rings is 1. The van der Waals surface area contributed by atoms with Crippen molar-refractivity contribution >= 4 is 5.97 Å². The van der Waals surface area contributed by atoms with E-state index in [-0.39, 0.29) is 12.5 Å². The zero-order valence-electron chi connectivity index (χ0n) is 10.4. The van der Waals surface area contributed by atoms with E-state index in [0.29, 0.717) is 11.3 Å². The zero-order chi connectivity index (χ0) is 13.7. The van der Waals surface area contributed by atoms with Crippen molar-refractivity contribution in [1.82, 2.24) is 4.98 Å². The highest BCUT2D eigenvalue weighted by molar-refractivity contribution is 5.89. The van der Waals surface area contributed by atoms with Crippen molar-refractivity contribution < 1.29 is 19.4 Å². The lowest BCUT2D eigenvalue weighted by Gasteiger charge is -2.06. The summed E-state index contributed by atoms with van der Waals surface area (Å²) in [6.07, 6.45) is 1.47.